The van der Waals surface area contributed by atoms with Gasteiger partial charge < -0.3 is 15.2 Å². The normalized spacial score (nSPS) is 11.0. The number of aliphatic hydroxyl groups is 1. The van der Waals surface area contributed by atoms with Gasteiger partial charge in [0.25, 0.3) is 0 Å². The molecule has 2 N–H and O–H groups in total. The average Bonchev–Trinajstić information content (AvgIpc) is 3.08. The van der Waals surface area contributed by atoms with Crippen LogP contribution in [0.2, 0.25) is 0 Å². The highest BCUT2D eigenvalue weighted by atomic mass is 16.5. The number of nitrogens with one attached hydrogen (secondary N) is 1. The van der Waals surface area contributed by atoms with Crippen LogP contribution in [-0.2, 0) is 17.8 Å². The lowest BCUT2D eigenvalue weighted by Crippen LogP contribution is -2.20. The van der Waals surface area contributed by atoms with Crippen molar-refractivity contribution in [3.05, 3.63) is 71.9 Å². The van der Waals surface area contributed by atoms with Gasteiger partial charge in [0.1, 0.15) is 11.4 Å². The number of hydrogen-bond acceptors (Lipinski definition) is 5. The van der Waals surface area contributed by atoms with Crippen molar-refractivity contribution in [2.24, 2.45) is 0 Å². The summed E-state index contributed by atoms with van der Waals surface area (Å²) in [6, 6.07) is 20.3. The van der Waals surface area contributed by atoms with E-state index in [-0.39, 0.29) is 6.61 Å². The first kappa shape index (κ1) is 18.3. The number of aliphatic hydroxyl groups excluding tert-OH is 1. The van der Waals surface area contributed by atoms with Gasteiger partial charge in [-0.2, -0.15) is 15.0 Å². The van der Waals surface area contributed by atoms with Gasteiger partial charge in [0.05, 0.1) is 26.4 Å². The second-order valence-electron chi connectivity index (χ2n) is 5.89. The zero-order valence-corrected chi connectivity index (χ0v) is 14.7. The summed E-state index contributed by atoms with van der Waals surface area (Å²) in [6.45, 7) is 2.91. The summed E-state index contributed by atoms with van der Waals surface area (Å²) in [6.07, 6.45) is 0. The van der Waals surface area contributed by atoms with E-state index >= 15 is 0 Å². The van der Waals surface area contributed by atoms with E-state index in [1.54, 1.807) is 4.80 Å². The molecule has 2 aromatic carbocycles. The molecule has 0 fully saturated rings. The van der Waals surface area contributed by atoms with E-state index in [0.717, 1.165) is 17.0 Å². The smallest absolute Gasteiger partial charge is 0.117 e. The highest BCUT2D eigenvalue weighted by Crippen LogP contribution is 2.20. The van der Waals surface area contributed by atoms with Crippen molar-refractivity contribution in [1.29, 1.82) is 0 Å². The van der Waals surface area contributed by atoms with Crippen LogP contribution in [0.1, 0.15) is 11.3 Å². The fourth-order valence-electron chi connectivity index (χ4n) is 2.66. The molecule has 0 saturated carbocycles. The second kappa shape index (κ2) is 9.82. The van der Waals surface area contributed by atoms with Crippen LogP contribution in [-0.4, -0.2) is 46.5 Å². The molecule has 0 radical (unpaired) electrons. The monoisotopic (exact) mass is 352 g/mol. The molecule has 1 aromatic heterocycles. The van der Waals surface area contributed by atoms with Crippen molar-refractivity contribution in [1.82, 2.24) is 20.3 Å². The highest BCUT2D eigenvalue weighted by molar-refractivity contribution is 5.60. The van der Waals surface area contributed by atoms with Gasteiger partial charge in [-0.15, -0.1) is 0 Å². The van der Waals surface area contributed by atoms with E-state index in [2.05, 4.69) is 22.5 Å². The van der Waals surface area contributed by atoms with E-state index < -0.39 is 0 Å². The molecule has 0 aliphatic rings. The maximum Gasteiger partial charge on any atom is 0.117 e. The molecule has 136 valence electrons. The van der Waals surface area contributed by atoms with Crippen LogP contribution in [0.5, 0.6) is 0 Å². The molecule has 0 atom stereocenters. The van der Waals surface area contributed by atoms with Crippen molar-refractivity contribution in [3.8, 4) is 11.3 Å². The predicted molar refractivity (Wildman–Crippen MR) is 101 cm³/mol. The quantitative estimate of drug-likeness (QED) is 0.547. The minimum Gasteiger partial charge on any atom is -0.394 e. The van der Waals surface area contributed by atoms with Crippen LogP contribution in [0.15, 0.2) is 60.7 Å². The number of hydrogen-bond donors (Lipinski definition) is 2. The Morgan fingerprint density at radius 3 is 2.38 bits per heavy atom. The Morgan fingerprint density at radius 2 is 1.65 bits per heavy atom. The van der Waals surface area contributed by atoms with Crippen LogP contribution >= 0.6 is 0 Å². The summed E-state index contributed by atoms with van der Waals surface area (Å²) in [5.74, 6) is 0. The molecule has 0 aliphatic heterocycles. The number of ether oxygens (including phenoxy) is 1. The average molecular weight is 352 g/mol. The lowest BCUT2D eigenvalue weighted by atomic mass is 10.1. The van der Waals surface area contributed by atoms with Gasteiger partial charge in [-0.25, -0.2) is 0 Å². The van der Waals surface area contributed by atoms with Crippen molar-refractivity contribution in [2.45, 2.75) is 13.1 Å². The lowest BCUT2D eigenvalue weighted by molar-refractivity contribution is 0.0937. The van der Waals surface area contributed by atoms with E-state index in [1.165, 1.54) is 5.56 Å². The fraction of sp³-hybridized carbons (Fsp3) is 0.300. The van der Waals surface area contributed by atoms with Crippen molar-refractivity contribution in [2.75, 3.05) is 26.4 Å². The van der Waals surface area contributed by atoms with Gasteiger partial charge in [-0.1, -0.05) is 60.7 Å². The minimum absolute atomic E-state index is 0.0476. The summed E-state index contributed by atoms with van der Waals surface area (Å²) in [5, 5.41) is 21.4. The number of rotatable bonds is 10. The Hall–Kier alpha value is -2.54. The Bertz CT molecular complexity index is 775. The summed E-state index contributed by atoms with van der Waals surface area (Å²) in [7, 11) is 0. The third-order valence-corrected chi connectivity index (χ3v) is 3.89. The zero-order chi connectivity index (χ0) is 18.0. The molecule has 3 aromatic rings. The molecule has 6 nitrogen and oxygen atoms in total. The standard InChI is InChI=1S/C20H24N4O2/c25-12-14-26-13-11-21-15-19-20(18-9-5-2-6-10-18)23-24(22-19)16-17-7-3-1-4-8-17/h1-10,21,25H,11-16H2. The minimum atomic E-state index is 0.0476. The number of benzene rings is 2. The third kappa shape index (κ3) is 5.23. The maximum absolute atomic E-state index is 8.72. The second-order valence-corrected chi connectivity index (χ2v) is 5.89. The van der Waals surface area contributed by atoms with Gasteiger partial charge in [-0.3, -0.25) is 0 Å². The van der Waals surface area contributed by atoms with Gasteiger partial charge >= 0.3 is 0 Å². The molecule has 0 bridgehead atoms. The first-order chi connectivity index (χ1) is 12.9. The third-order valence-electron chi connectivity index (χ3n) is 3.89. The van der Waals surface area contributed by atoms with Crippen LogP contribution in [0.25, 0.3) is 11.3 Å². The van der Waals surface area contributed by atoms with E-state index in [9.17, 15) is 0 Å². The summed E-state index contributed by atoms with van der Waals surface area (Å²) >= 11 is 0. The van der Waals surface area contributed by atoms with Crippen LogP contribution in [0, 0.1) is 0 Å². The molecule has 0 amide bonds. The molecule has 0 saturated heterocycles. The first-order valence-electron chi connectivity index (χ1n) is 8.79. The molecule has 3 rings (SSSR count). The van der Waals surface area contributed by atoms with Crippen molar-refractivity contribution in [3.63, 3.8) is 0 Å². The van der Waals surface area contributed by atoms with E-state index in [1.807, 2.05) is 48.5 Å². The summed E-state index contributed by atoms with van der Waals surface area (Å²) in [4.78, 5) is 1.75. The Balaban J connectivity index is 1.71. The van der Waals surface area contributed by atoms with E-state index in [0.29, 0.717) is 32.8 Å². The predicted octanol–water partition coefficient (Wildman–Crippen LogP) is 2.09. The molecule has 0 spiro atoms. The number of aromatic nitrogens is 3. The van der Waals surface area contributed by atoms with Crippen molar-refractivity contribution >= 4 is 0 Å². The Labute approximate surface area is 153 Å². The highest BCUT2D eigenvalue weighted by Gasteiger charge is 2.13. The summed E-state index contributed by atoms with van der Waals surface area (Å²) < 4.78 is 5.27. The molecular weight excluding hydrogens is 328 g/mol. The van der Waals surface area contributed by atoms with Gasteiger partial charge in [0.2, 0.25) is 0 Å². The van der Waals surface area contributed by atoms with Crippen LogP contribution in [0.3, 0.4) is 0 Å². The van der Waals surface area contributed by atoms with E-state index in [4.69, 9.17) is 14.9 Å². The number of nitrogens with zero attached hydrogens (tertiary/aromatic N) is 3. The molecule has 1 heterocycles. The van der Waals surface area contributed by atoms with Gasteiger partial charge in [0, 0.05) is 18.7 Å². The lowest BCUT2D eigenvalue weighted by Gasteiger charge is -2.04. The molecule has 0 unspecified atom stereocenters. The van der Waals surface area contributed by atoms with Crippen molar-refractivity contribution < 1.29 is 9.84 Å². The largest absolute Gasteiger partial charge is 0.394 e. The molecule has 6 heteroatoms. The molecule has 0 aliphatic carbocycles. The SMILES string of the molecule is OCCOCCNCc1nn(Cc2ccccc2)nc1-c1ccccc1. The topological polar surface area (TPSA) is 72.2 Å². The maximum atomic E-state index is 8.72. The summed E-state index contributed by atoms with van der Waals surface area (Å²) in [5.41, 5.74) is 4.03. The molecule has 26 heavy (non-hydrogen) atoms. The Morgan fingerprint density at radius 1 is 0.923 bits per heavy atom. The van der Waals surface area contributed by atoms with Crippen LogP contribution < -0.4 is 5.32 Å². The fourth-order valence-corrected chi connectivity index (χ4v) is 2.66. The van der Waals surface area contributed by atoms with Gasteiger partial charge in [-0.05, 0) is 5.56 Å². The first-order valence-corrected chi connectivity index (χ1v) is 8.79. The molecular formula is C20H24N4O2. The zero-order valence-electron chi connectivity index (χ0n) is 14.7. The van der Waals surface area contributed by atoms with Gasteiger partial charge in [0.15, 0.2) is 0 Å². The van der Waals surface area contributed by atoms with Crippen LogP contribution in [0.4, 0.5) is 0 Å². The Kier molecular flexibility index (Phi) is 6.89.